The molecule has 7 heteroatoms. The van der Waals surface area contributed by atoms with Gasteiger partial charge in [-0.3, -0.25) is 9.69 Å². The minimum Gasteiger partial charge on any atom is -0.477 e. The van der Waals surface area contributed by atoms with Crippen molar-refractivity contribution in [1.29, 1.82) is 0 Å². The Kier molecular flexibility index (Phi) is 7.13. The van der Waals surface area contributed by atoms with E-state index in [0.717, 1.165) is 45.6 Å². The molecular formula is C25H34FN3O3. The van der Waals surface area contributed by atoms with Crippen LogP contribution in [0.2, 0.25) is 0 Å². The highest BCUT2D eigenvalue weighted by atomic mass is 19.1. The van der Waals surface area contributed by atoms with Gasteiger partial charge in [0.15, 0.2) is 0 Å². The number of carboxylic acid groups (broad SMARTS) is 1. The summed E-state index contributed by atoms with van der Waals surface area (Å²) in [7, 11) is 0. The molecule has 6 nitrogen and oxygen atoms in total. The van der Waals surface area contributed by atoms with E-state index in [0.29, 0.717) is 11.2 Å². The Hall–Kier alpha value is -2.41. The second-order valence-electron chi connectivity index (χ2n) is 9.23. The zero-order valence-corrected chi connectivity index (χ0v) is 19.0. The first-order valence-electron chi connectivity index (χ1n) is 12.1. The summed E-state index contributed by atoms with van der Waals surface area (Å²) in [6, 6.07) is 3.17. The van der Waals surface area contributed by atoms with E-state index in [2.05, 4.69) is 16.7 Å². The topological polar surface area (TPSA) is 65.8 Å². The molecule has 4 rings (SSSR count). The van der Waals surface area contributed by atoms with Crippen LogP contribution in [-0.2, 0) is 0 Å². The molecule has 1 saturated carbocycles. The van der Waals surface area contributed by atoms with Crippen molar-refractivity contribution in [3.05, 3.63) is 39.9 Å². The van der Waals surface area contributed by atoms with Crippen molar-refractivity contribution in [2.75, 3.05) is 37.6 Å². The van der Waals surface area contributed by atoms with Gasteiger partial charge >= 0.3 is 5.97 Å². The maximum absolute atomic E-state index is 15.1. The largest absolute Gasteiger partial charge is 0.477 e. The molecule has 2 heterocycles. The lowest BCUT2D eigenvalue weighted by molar-refractivity contribution is 0.0695. The third-order valence-electron chi connectivity index (χ3n) is 6.81. The Labute approximate surface area is 188 Å². The normalized spacial score (nSPS) is 17.2. The Morgan fingerprint density at radius 3 is 2.41 bits per heavy atom. The van der Waals surface area contributed by atoms with Crippen LogP contribution in [0.4, 0.5) is 10.1 Å². The third kappa shape index (κ3) is 4.98. The lowest BCUT2D eigenvalue weighted by Crippen LogP contribution is -2.47. The minimum absolute atomic E-state index is 0.153. The molecule has 0 radical (unpaired) electrons. The van der Waals surface area contributed by atoms with Gasteiger partial charge in [0.2, 0.25) is 5.43 Å². The van der Waals surface area contributed by atoms with E-state index in [-0.39, 0.29) is 17.0 Å². The monoisotopic (exact) mass is 443 g/mol. The summed E-state index contributed by atoms with van der Waals surface area (Å²) in [5.74, 6) is -1.72. The van der Waals surface area contributed by atoms with Gasteiger partial charge in [0, 0.05) is 43.8 Å². The SMILES string of the molecule is CCCCCCCCN1CCN(c2cc3c(cc2F)c(=O)c(C(=O)O)cn3C2CC2)CC1. The summed E-state index contributed by atoms with van der Waals surface area (Å²) in [5.41, 5.74) is 0.237. The van der Waals surface area contributed by atoms with Gasteiger partial charge in [0.05, 0.1) is 11.2 Å². The summed E-state index contributed by atoms with van der Waals surface area (Å²) >= 11 is 0. The van der Waals surface area contributed by atoms with Gasteiger partial charge in [0.25, 0.3) is 0 Å². The molecule has 0 bridgehead atoms. The van der Waals surface area contributed by atoms with E-state index in [1.54, 1.807) is 6.07 Å². The summed E-state index contributed by atoms with van der Waals surface area (Å²) in [6.45, 7) is 6.63. The van der Waals surface area contributed by atoms with Crippen molar-refractivity contribution in [1.82, 2.24) is 9.47 Å². The molecule has 2 aliphatic rings. The van der Waals surface area contributed by atoms with Crippen molar-refractivity contribution in [3.8, 4) is 0 Å². The van der Waals surface area contributed by atoms with Crippen LogP contribution < -0.4 is 10.3 Å². The van der Waals surface area contributed by atoms with Crippen molar-refractivity contribution in [2.45, 2.75) is 64.3 Å². The lowest BCUT2D eigenvalue weighted by atomic mass is 10.1. The van der Waals surface area contributed by atoms with Gasteiger partial charge in [-0.15, -0.1) is 0 Å². The molecule has 1 saturated heterocycles. The highest BCUT2D eigenvalue weighted by Crippen LogP contribution is 2.38. The van der Waals surface area contributed by atoms with Gasteiger partial charge in [0.1, 0.15) is 11.4 Å². The van der Waals surface area contributed by atoms with Gasteiger partial charge < -0.3 is 14.6 Å². The first kappa shape index (κ1) is 22.8. The molecule has 174 valence electrons. The number of carbonyl (C=O) groups is 1. The molecule has 2 fully saturated rings. The van der Waals surface area contributed by atoms with E-state index in [9.17, 15) is 14.7 Å². The van der Waals surface area contributed by atoms with Crippen LogP contribution in [-0.4, -0.2) is 53.3 Å². The average Bonchev–Trinajstić information content (AvgIpc) is 3.62. The molecule has 0 atom stereocenters. The molecule has 1 aliphatic carbocycles. The number of unbranched alkanes of at least 4 members (excludes halogenated alkanes) is 5. The van der Waals surface area contributed by atoms with Crippen molar-refractivity contribution in [3.63, 3.8) is 0 Å². The molecule has 1 aliphatic heterocycles. The van der Waals surface area contributed by atoms with Crippen molar-refractivity contribution < 1.29 is 14.3 Å². The van der Waals surface area contributed by atoms with Crippen molar-refractivity contribution >= 4 is 22.6 Å². The predicted octanol–water partition coefficient (Wildman–Crippen LogP) is 4.66. The van der Waals surface area contributed by atoms with E-state index in [1.807, 2.05) is 4.57 Å². The number of rotatable bonds is 10. The van der Waals surface area contributed by atoms with Crippen LogP contribution in [0.15, 0.2) is 23.1 Å². The molecule has 0 spiro atoms. The standard InChI is InChI=1S/C25H34FN3O3/c1-2-3-4-5-6-7-10-27-11-13-28(14-12-27)23-16-22-19(15-21(23)26)24(30)20(25(31)32)17-29(22)18-8-9-18/h15-18H,2-14H2,1H3,(H,31,32). The summed E-state index contributed by atoms with van der Waals surface area (Å²) in [5, 5.41) is 9.55. The number of anilines is 1. The van der Waals surface area contributed by atoms with E-state index >= 15 is 4.39 Å². The van der Waals surface area contributed by atoms with E-state index in [1.165, 1.54) is 50.8 Å². The lowest BCUT2D eigenvalue weighted by Gasteiger charge is -2.36. The maximum Gasteiger partial charge on any atom is 0.341 e. The second kappa shape index (κ2) is 10.0. The second-order valence-corrected chi connectivity index (χ2v) is 9.23. The van der Waals surface area contributed by atoms with Gasteiger partial charge in [-0.1, -0.05) is 39.0 Å². The van der Waals surface area contributed by atoms with E-state index in [4.69, 9.17) is 0 Å². The van der Waals surface area contributed by atoms with Crippen LogP contribution in [0.1, 0.15) is 74.7 Å². The molecular weight excluding hydrogens is 409 g/mol. The fourth-order valence-electron chi connectivity index (χ4n) is 4.74. The summed E-state index contributed by atoms with van der Waals surface area (Å²) in [4.78, 5) is 28.7. The number of nitrogens with zero attached hydrogens (tertiary/aromatic N) is 3. The van der Waals surface area contributed by atoms with Crippen LogP contribution in [0, 0.1) is 5.82 Å². The molecule has 2 aromatic rings. The maximum atomic E-state index is 15.1. The zero-order chi connectivity index (χ0) is 22.7. The van der Waals surface area contributed by atoms with Crippen molar-refractivity contribution in [2.24, 2.45) is 0 Å². The Morgan fingerprint density at radius 1 is 1.06 bits per heavy atom. The minimum atomic E-state index is -1.27. The number of hydrogen-bond donors (Lipinski definition) is 1. The zero-order valence-electron chi connectivity index (χ0n) is 19.0. The molecule has 1 N–H and O–H groups in total. The van der Waals surface area contributed by atoms with Crippen LogP contribution >= 0.6 is 0 Å². The first-order chi connectivity index (χ1) is 15.5. The molecule has 1 aromatic heterocycles. The number of aromatic nitrogens is 1. The fraction of sp³-hybridized carbons (Fsp3) is 0.600. The molecule has 0 amide bonds. The average molecular weight is 444 g/mol. The third-order valence-corrected chi connectivity index (χ3v) is 6.81. The van der Waals surface area contributed by atoms with Crippen LogP contribution in [0.25, 0.3) is 10.9 Å². The number of piperazine rings is 1. The Morgan fingerprint density at radius 2 is 1.75 bits per heavy atom. The molecule has 32 heavy (non-hydrogen) atoms. The number of hydrogen-bond acceptors (Lipinski definition) is 4. The number of fused-ring (bicyclic) bond motifs is 1. The number of pyridine rings is 1. The number of benzene rings is 1. The Balaban J connectivity index is 1.47. The van der Waals surface area contributed by atoms with Gasteiger partial charge in [-0.25, -0.2) is 9.18 Å². The molecule has 1 aromatic carbocycles. The highest BCUT2D eigenvalue weighted by molar-refractivity contribution is 5.93. The van der Waals surface area contributed by atoms with E-state index < -0.39 is 17.2 Å². The summed E-state index contributed by atoms with van der Waals surface area (Å²) < 4.78 is 16.9. The smallest absolute Gasteiger partial charge is 0.341 e. The van der Waals surface area contributed by atoms with Gasteiger partial charge in [-0.2, -0.15) is 0 Å². The predicted molar refractivity (Wildman–Crippen MR) is 125 cm³/mol. The first-order valence-corrected chi connectivity index (χ1v) is 12.1. The Bertz CT molecular complexity index is 1020. The van der Waals surface area contributed by atoms with Gasteiger partial charge in [-0.05, 0) is 37.9 Å². The number of carboxylic acids is 1. The summed E-state index contributed by atoms with van der Waals surface area (Å²) in [6.07, 6.45) is 11.0. The number of halogens is 1. The number of aromatic carboxylic acids is 1. The van der Waals surface area contributed by atoms with Crippen LogP contribution in [0.5, 0.6) is 0 Å². The molecule has 0 unspecified atom stereocenters. The fourth-order valence-corrected chi connectivity index (χ4v) is 4.74. The quantitative estimate of drug-likeness (QED) is 0.541. The van der Waals surface area contributed by atoms with Crippen LogP contribution in [0.3, 0.4) is 0 Å². The highest BCUT2D eigenvalue weighted by Gasteiger charge is 2.28.